The SMILES string of the molecule is CCCCN1/C(=C\C=C\C2=[N+](CCCC)c3ccc4ccccc4c3C2(C)C)C(C)(C)c2cc(SOON3CCOCC3)ccc21. The molecule has 3 aromatic rings. The third-order valence-corrected chi connectivity index (χ3v) is 10.4. The predicted molar refractivity (Wildman–Crippen MR) is 191 cm³/mol. The number of hydrogen-bond acceptors (Lipinski definition) is 6. The zero-order valence-electron chi connectivity index (χ0n) is 28.5. The minimum absolute atomic E-state index is 0.107. The van der Waals surface area contributed by atoms with E-state index < -0.39 is 0 Å². The highest BCUT2D eigenvalue weighted by Crippen LogP contribution is 2.49. The van der Waals surface area contributed by atoms with Crippen molar-refractivity contribution in [3.05, 3.63) is 89.6 Å². The molecule has 0 amide bonds. The van der Waals surface area contributed by atoms with Crippen LogP contribution in [0.2, 0.25) is 0 Å². The van der Waals surface area contributed by atoms with Gasteiger partial charge in [0.15, 0.2) is 5.71 Å². The Bertz CT molecular complexity index is 1650. The lowest BCUT2D eigenvalue weighted by atomic mass is 9.79. The van der Waals surface area contributed by atoms with E-state index in [-0.39, 0.29) is 10.8 Å². The van der Waals surface area contributed by atoms with Crippen LogP contribution >= 0.6 is 12.0 Å². The van der Waals surface area contributed by atoms with Gasteiger partial charge >= 0.3 is 0 Å². The molecule has 244 valence electrons. The van der Waals surface area contributed by atoms with E-state index in [9.17, 15) is 0 Å². The van der Waals surface area contributed by atoms with E-state index in [1.807, 2.05) is 5.06 Å². The number of hydroxylamine groups is 2. The molecule has 6 nitrogen and oxygen atoms in total. The summed E-state index contributed by atoms with van der Waals surface area (Å²) in [4.78, 5) is 9.10. The highest BCUT2D eigenvalue weighted by Gasteiger charge is 2.45. The quantitative estimate of drug-likeness (QED) is 0.0850. The molecule has 0 atom stereocenters. The molecule has 6 rings (SSSR count). The Morgan fingerprint density at radius 3 is 2.50 bits per heavy atom. The second-order valence-corrected chi connectivity index (χ2v) is 14.5. The Hall–Kier alpha value is -2.94. The van der Waals surface area contributed by atoms with Crippen molar-refractivity contribution in [1.29, 1.82) is 0 Å². The average molecular weight is 641 g/mol. The minimum Gasteiger partial charge on any atom is -0.379 e. The first kappa shape index (κ1) is 33.0. The van der Waals surface area contributed by atoms with Gasteiger partial charge in [0.2, 0.25) is 5.69 Å². The summed E-state index contributed by atoms with van der Waals surface area (Å²) >= 11 is 1.27. The third kappa shape index (κ3) is 6.33. The van der Waals surface area contributed by atoms with Crippen LogP contribution in [-0.4, -0.2) is 54.7 Å². The molecule has 1 saturated heterocycles. The fourth-order valence-electron chi connectivity index (χ4n) is 7.31. The highest BCUT2D eigenvalue weighted by atomic mass is 32.2. The lowest BCUT2D eigenvalue weighted by Gasteiger charge is -2.27. The maximum absolute atomic E-state index is 5.58. The van der Waals surface area contributed by atoms with Crippen LogP contribution in [0.1, 0.15) is 78.4 Å². The number of fused-ring (bicyclic) bond motifs is 4. The smallest absolute Gasteiger partial charge is 0.210 e. The molecule has 0 spiro atoms. The predicted octanol–water partition coefficient (Wildman–Crippen LogP) is 9.26. The Morgan fingerprint density at radius 1 is 0.935 bits per heavy atom. The van der Waals surface area contributed by atoms with Crippen LogP contribution in [0.5, 0.6) is 0 Å². The molecule has 0 saturated carbocycles. The van der Waals surface area contributed by atoms with Gasteiger partial charge in [-0.2, -0.15) is 9.64 Å². The first-order valence-electron chi connectivity index (χ1n) is 17.1. The molecule has 3 heterocycles. The first-order chi connectivity index (χ1) is 22.3. The summed E-state index contributed by atoms with van der Waals surface area (Å²) in [6.07, 6.45) is 11.7. The number of unbranched alkanes of at least 4 members (excludes halogenated alkanes) is 2. The van der Waals surface area contributed by atoms with E-state index in [0.717, 1.165) is 37.2 Å². The molecule has 3 aliphatic heterocycles. The summed E-state index contributed by atoms with van der Waals surface area (Å²) < 4.78 is 13.6. The van der Waals surface area contributed by atoms with Gasteiger partial charge in [-0.25, -0.2) is 0 Å². The maximum Gasteiger partial charge on any atom is 0.210 e. The normalized spacial score (nSPS) is 20.0. The molecule has 0 N–H and O–H groups in total. The summed E-state index contributed by atoms with van der Waals surface area (Å²) in [5.41, 5.74) is 7.84. The topological polar surface area (TPSA) is 37.2 Å². The van der Waals surface area contributed by atoms with Crippen LogP contribution in [0.3, 0.4) is 0 Å². The van der Waals surface area contributed by atoms with Crippen LogP contribution in [0.4, 0.5) is 11.4 Å². The number of anilines is 1. The highest BCUT2D eigenvalue weighted by molar-refractivity contribution is 7.94. The number of nitrogens with zero attached hydrogens (tertiary/aromatic N) is 3. The van der Waals surface area contributed by atoms with E-state index in [0.29, 0.717) is 26.3 Å². The van der Waals surface area contributed by atoms with Crippen molar-refractivity contribution in [2.45, 2.75) is 83.0 Å². The molecule has 0 aromatic heterocycles. The van der Waals surface area contributed by atoms with E-state index in [1.165, 1.54) is 63.1 Å². The molecule has 0 aliphatic carbocycles. The van der Waals surface area contributed by atoms with E-state index >= 15 is 0 Å². The van der Waals surface area contributed by atoms with Crippen LogP contribution in [0.15, 0.2) is 83.4 Å². The number of allylic oxidation sites excluding steroid dienone is 4. The molecule has 3 aromatic carbocycles. The fraction of sp³-hybridized carbons (Fsp3) is 0.462. The second-order valence-electron chi connectivity index (χ2n) is 13.7. The number of morpholine rings is 1. The van der Waals surface area contributed by atoms with E-state index in [1.54, 1.807) is 0 Å². The van der Waals surface area contributed by atoms with Crippen molar-refractivity contribution in [3.8, 4) is 0 Å². The maximum atomic E-state index is 5.58. The Labute approximate surface area is 279 Å². The van der Waals surface area contributed by atoms with Gasteiger partial charge in [-0.15, -0.1) is 9.32 Å². The molecule has 46 heavy (non-hydrogen) atoms. The molecule has 1 fully saturated rings. The van der Waals surface area contributed by atoms with E-state index in [2.05, 4.69) is 124 Å². The van der Waals surface area contributed by atoms with Gasteiger partial charge in [0.25, 0.3) is 0 Å². The van der Waals surface area contributed by atoms with Gasteiger partial charge in [0.1, 0.15) is 6.54 Å². The van der Waals surface area contributed by atoms with Crippen molar-refractivity contribution in [3.63, 3.8) is 0 Å². The van der Waals surface area contributed by atoms with Crippen molar-refractivity contribution in [2.24, 2.45) is 0 Å². The average Bonchev–Trinajstić information content (AvgIpc) is 3.41. The summed E-state index contributed by atoms with van der Waals surface area (Å²) in [6, 6.07) is 20.1. The molecular formula is C39H50N3O3S+. The monoisotopic (exact) mass is 640 g/mol. The van der Waals surface area contributed by atoms with Crippen molar-refractivity contribution >= 4 is 39.9 Å². The van der Waals surface area contributed by atoms with Crippen LogP contribution in [-0.2, 0) is 24.9 Å². The molecule has 0 radical (unpaired) electrons. The van der Waals surface area contributed by atoms with Crippen LogP contribution < -0.4 is 4.90 Å². The van der Waals surface area contributed by atoms with Gasteiger partial charge in [-0.1, -0.05) is 70.9 Å². The van der Waals surface area contributed by atoms with Gasteiger partial charge < -0.3 is 9.64 Å². The molecule has 3 aliphatic rings. The summed E-state index contributed by atoms with van der Waals surface area (Å²) in [6.45, 7) is 18.8. The van der Waals surface area contributed by atoms with Crippen molar-refractivity contribution in [2.75, 3.05) is 44.3 Å². The lowest BCUT2D eigenvalue weighted by Crippen LogP contribution is -2.35. The standard InChI is InChI=1S/C39H50N3O3S/c1-7-9-22-41-33-21-19-30(46-45-44-40-24-26-43-27-25-40)28-32(33)38(3,4)35(41)16-13-17-36-39(5,6)37-31-15-12-11-14-29(31)18-20-34(37)42(36)23-10-8-2/h11-21,28H,7-10,22-27H2,1-6H3/q+1. The summed E-state index contributed by atoms with van der Waals surface area (Å²) in [5.74, 6) is 0. The lowest BCUT2D eigenvalue weighted by molar-refractivity contribution is -0.438. The Balaban J connectivity index is 1.30. The molecule has 0 bridgehead atoms. The number of ether oxygens (including phenoxy) is 1. The number of rotatable bonds is 12. The Morgan fingerprint density at radius 2 is 1.72 bits per heavy atom. The largest absolute Gasteiger partial charge is 0.379 e. The number of hydrogen-bond donors (Lipinski definition) is 0. The molecular weight excluding hydrogens is 591 g/mol. The first-order valence-corrected chi connectivity index (χ1v) is 17.8. The number of benzene rings is 3. The van der Waals surface area contributed by atoms with Crippen LogP contribution in [0, 0.1) is 0 Å². The third-order valence-electron chi connectivity index (χ3n) is 9.83. The van der Waals surface area contributed by atoms with Gasteiger partial charge in [-0.3, -0.25) is 0 Å². The summed E-state index contributed by atoms with van der Waals surface area (Å²) in [7, 11) is 0. The van der Waals surface area contributed by atoms with Crippen LogP contribution in [0.25, 0.3) is 10.8 Å². The van der Waals surface area contributed by atoms with Gasteiger partial charge in [0, 0.05) is 52.4 Å². The van der Waals surface area contributed by atoms with Gasteiger partial charge in [0.05, 0.1) is 43.8 Å². The fourth-order valence-corrected chi connectivity index (χ4v) is 7.79. The molecule has 7 heteroatoms. The molecule has 0 unspecified atom stereocenters. The Kier molecular flexibility index (Phi) is 10.1. The second kappa shape index (κ2) is 14.0. The zero-order valence-corrected chi connectivity index (χ0v) is 29.3. The van der Waals surface area contributed by atoms with Crippen molar-refractivity contribution in [1.82, 2.24) is 5.06 Å². The van der Waals surface area contributed by atoms with Gasteiger partial charge in [-0.05, 0) is 66.9 Å². The summed E-state index contributed by atoms with van der Waals surface area (Å²) in [5, 5.41) is 4.48. The zero-order chi connectivity index (χ0) is 32.3. The van der Waals surface area contributed by atoms with Crippen molar-refractivity contribution < 1.29 is 18.6 Å². The van der Waals surface area contributed by atoms with E-state index in [4.69, 9.17) is 14.1 Å². The minimum atomic E-state index is -0.161.